The molecule has 9 heteroatoms. The molecule has 1 aliphatic carbocycles. The molecule has 7 nitrogen and oxygen atoms in total. The number of ether oxygens (including phenoxy) is 1. The van der Waals surface area contributed by atoms with Crippen molar-refractivity contribution in [3.63, 3.8) is 0 Å². The molecule has 35 heavy (non-hydrogen) atoms. The maximum atomic E-state index is 13.6. The zero-order valence-corrected chi connectivity index (χ0v) is 23.8. The zero-order chi connectivity index (χ0) is 26.3. The number of β-lactam (4-membered cyclic amide) rings is 1. The van der Waals surface area contributed by atoms with Gasteiger partial charge in [-0.25, -0.2) is 4.79 Å². The van der Waals surface area contributed by atoms with Crippen molar-refractivity contribution in [1.82, 2.24) is 4.90 Å². The van der Waals surface area contributed by atoms with Crippen LogP contribution in [0.1, 0.15) is 50.0 Å². The van der Waals surface area contributed by atoms with Gasteiger partial charge in [0.15, 0.2) is 14.1 Å². The lowest BCUT2D eigenvalue weighted by atomic mass is 9.69. The summed E-state index contributed by atoms with van der Waals surface area (Å²) in [5.41, 5.74) is 1.51. The Kier molecular flexibility index (Phi) is 7.93. The number of Topliss-reactive ketones (excluding diaryl/α,β-unsaturated/α-hetero) is 1. The molecule has 1 fully saturated rings. The largest absolute Gasteiger partial charge is 0.454 e. The lowest BCUT2D eigenvalue weighted by Gasteiger charge is -2.52. The smallest absolute Gasteiger partial charge is 0.397 e. The number of ketones is 1. The third kappa shape index (κ3) is 5.22. The van der Waals surface area contributed by atoms with Crippen LogP contribution < -0.4 is 0 Å². The molecule has 0 N–H and O–H groups in total. The van der Waals surface area contributed by atoms with E-state index in [1.165, 1.54) is 6.08 Å². The van der Waals surface area contributed by atoms with Gasteiger partial charge in [-0.05, 0) is 55.6 Å². The number of hydrogen-bond donors (Lipinski definition) is 0. The summed E-state index contributed by atoms with van der Waals surface area (Å²) in [4.78, 5) is 53.1. The van der Waals surface area contributed by atoms with Crippen molar-refractivity contribution >= 4 is 47.8 Å². The molecule has 2 amide bonds. The molecule has 0 radical (unpaired) electrons. The Labute approximate surface area is 216 Å². The van der Waals surface area contributed by atoms with Crippen molar-refractivity contribution in [3.05, 3.63) is 46.5 Å². The van der Waals surface area contributed by atoms with Crippen molar-refractivity contribution in [2.24, 2.45) is 11.8 Å². The van der Waals surface area contributed by atoms with Crippen molar-refractivity contribution in [3.8, 4) is 0 Å². The number of esters is 1. The van der Waals surface area contributed by atoms with Crippen LogP contribution in [-0.4, -0.2) is 55.5 Å². The molecule has 0 saturated carbocycles. The van der Waals surface area contributed by atoms with E-state index in [4.69, 9.17) is 9.16 Å². The van der Waals surface area contributed by atoms with Gasteiger partial charge < -0.3 is 9.16 Å². The summed E-state index contributed by atoms with van der Waals surface area (Å²) >= 11 is 3.42. The van der Waals surface area contributed by atoms with E-state index in [-0.39, 0.29) is 17.4 Å². The maximum absolute atomic E-state index is 13.6. The fourth-order valence-corrected chi connectivity index (χ4v) is 6.44. The Morgan fingerprint density at radius 1 is 1.29 bits per heavy atom. The highest BCUT2D eigenvalue weighted by atomic mass is 79.9. The molecule has 2 aliphatic rings. The quantitative estimate of drug-likeness (QED) is 0.164. The van der Waals surface area contributed by atoms with Crippen LogP contribution in [0.4, 0.5) is 0 Å². The van der Waals surface area contributed by atoms with Gasteiger partial charge in [-0.2, -0.15) is 0 Å². The first-order chi connectivity index (χ1) is 16.2. The number of halogens is 1. The number of aryl methyl sites for hydroxylation is 1. The molecule has 0 aromatic heterocycles. The molecular weight excluding hydrogens is 530 g/mol. The summed E-state index contributed by atoms with van der Waals surface area (Å²) in [7, 11) is -2.24. The monoisotopic (exact) mass is 563 g/mol. The van der Waals surface area contributed by atoms with Crippen LogP contribution in [0.25, 0.3) is 0 Å². The summed E-state index contributed by atoms with van der Waals surface area (Å²) in [5, 5.41) is -0.0839. The molecule has 0 bridgehead atoms. The van der Waals surface area contributed by atoms with Crippen LogP contribution in [0.5, 0.6) is 0 Å². The lowest BCUT2D eigenvalue weighted by molar-refractivity contribution is -0.181. The zero-order valence-electron chi connectivity index (χ0n) is 21.2. The minimum Gasteiger partial charge on any atom is -0.454 e. The Balaban J connectivity index is 1.96. The summed E-state index contributed by atoms with van der Waals surface area (Å²) in [5.74, 6) is -4.15. The third-order valence-corrected chi connectivity index (χ3v) is 12.6. The number of nitrogens with zero attached hydrogens (tertiary/aromatic N) is 1. The average molecular weight is 565 g/mol. The van der Waals surface area contributed by atoms with Crippen LogP contribution >= 0.6 is 15.9 Å². The predicted molar refractivity (Wildman–Crippen MR) is 138 cm³/mol. The fraction of sp³-hybridized carbons (Fsp3) is 0.538. The van der Waals surface area contributed by atoms with Crippen LogP contribution in [-0.2, 0) is 30.0 Å². The second kappa shape index (κ2) is 10.1. The number of amides is 2. The highest BCUT2D eigenvalue weighted by molar-refractivity contribution is 9.10. The minimum atomic E-state index is -2.24. The standard InChI is InChI=1S/C26H34BrNO6Si/c1-8-13-33-25(32)24(31)28-21(18-12-10-16-9-11-17(27)14-19(16)22(18)29)20(23(28)30)15(2)34-35(6,7)26(3,4)5/h8-9,11,14-15,18,20-21H,1,10,12-13H2,2-7H3/t15-,18+,20-,21-/m1/s1. The van der Waals surface area contributed by atoms with E-state index in [0.29, 0.717) is 18.4 Å². The topological polar surface area (TPSA) is 90.0 Å². The lowest BCUT2D eigenvalue weighted by Crippen LogP contribution is -2.71. The van der Waals surface area contributed by atoms with Gasteiger partial charge in [0.2, 0.25) is 5.91 Å². The Hall–Kier alpha value is -2.10. The Morgan fingerprint density at radius 3 is 2.54 bits per heavy atom. The molecule has 1 heterocycles. The van der Waals surface area contributed by atoms with Gasteiger partial charge in [0.1, 0.15) is 6.61 Å². The summed E-state index contributed by atoms with van der Waals surface area (Å²) in [6, 6.07) is 4.81. The van der Waals surface area contributed by atoms with E-state index in [0.717, 1.165) is 14.9 Å². The number of rotatable bonds is 6. The molecule has 190 valence electrons. The number of imide groups is 1. The number of fused-ring (bicyclic) bond motifs is 1. The number of likely N-dealkylation sites (tertiary alicyclic amines) is 1. The number of carbonyl (C=O) groups excluding carboxylic acids is 4. The van der Waals surface area contributed by atoms with Gasteiger partial charge in [-0.1, -0.05) is 55.4 Å². The second-order valence-electron chi connectivity index (χ2n) is 10.8. The van der Waals surface area contributed by atoms with Crippen molar-refractivity contribution in [2.45, 2.75) is 70.8 Å². The van der Waals surface area contributed by atoms with E-state index in [1.807, 2.05) is 19.1 Å². The van der Waals surface area contributed by atoms with Crippen molar-refractivity contribution < 1.29 is 28.3 Å². The molecule has 0 unspecified atom stereocenters. The predicted octanol–water partition coefficient (Wildman–Crippen LogP) is 4.69. The van der Waals surface area contributed by atoms with Gasteiger partial charge in [0, 0.05) is 16.0 Å². The first-order valence-electron chi connectivity index (χ1n) is 11.9. The normalized spacial score (nSPS) is 23.3. The highest BCUT2D eigenvalue weighted by Crippen LogP contribution is 2.44. The number of benzene rings is 1. The average Bonchev–Trinajstić information content (AvgIpc) is 2.75. The SMILES string of the molecule is C=CCOC(=O)C(=O)N1C(=O)[C@H]([C@@H](C)O[Si](C)(C)C(C)(C)C)[C@H]1[C@@H]1CCc2ccc(Br)cc2C1=O. The Morgan fingerprint density at radius 2 is 1.94 bits per heavy atom. The van der Waals surface area contributed by atoms with Crippen LogP contribution in [0.15, 0.2) is 35.3 Å². The van der Waals surface area contributed by atoms with Crippen LogP contribution in [0, 0.1) is 11.8 Å². The fourth-order valence-electron chi connectivity index (χ4n) is 4.65. The van der Waals surface area contributed by atoms with Gasteiger partial charge in [0.05, 0.1) is 18.1 Å². The molecule has 1 saturated heterocycles. The van der Waals surface area contributed by atoms with Gasteiger partial charge in [-0.3, -0.25) is 19.3 Å². The molecule has 3 rings (SSSR count). The second-order valence-corrected chi connectivity index (χ2v) is 16.5. The highest BCUT2D eigenvalue weighted by Gasteiger charge is 2.60. The van der Waals surface area contributed by atoms with Gasteiger partial charge >= 0.3 is 11.9 Å². The third-order valence-electron chi connectivity index (χ3n) is 7.52. The molecule has 0 spiro atoms. The van der Waals surface area contributed by atoms with Crippen molar-refractivity contribution in [1.29, 1.82) is 0 Å². The molecule has 1 aliphatic heterocycles. The summed E-state index contributed by atoms with van der Waals surface area (Å²) in [6.07, 6.45) is 1.94. The molecule has 4 atom stereocenters. The summed E-state index contributed by atoms with van der Waals surface area (Å²) in [6.45, 7) is 15.7. The molecule has 1 aromatic carbocycles. The van der Waals surface area contributed by atoms with E-state index in [2.05, 4.69) is 56.4 Å². The van der Waals surface area contributed by atoms with Gasteiger partial charge in [-0.15, -0.1) is 0 Å². The van der Waals surface area contributed by atoms with Crippen molar-refractivity contribution in [2.75, 3.05) is 6.61 Å². The summed E-state index contributed by atoms with van der Waals surface area (Å²) < 4.78 is 12.2. The van der Waals surface area contributed by atoms with Crippen LogP contribution in [0.3, 0.4) is 0 Å². The minimum absolute atomic E-state index is 0.0839. The first kappa shape index (κ1) is 27.5. The van der Waals surface area contributed by atoms with Crippen LogP contribution in [0.2, 0.25) is 18.1 Å². The maximum Gasteiger partial charge on any atom is 0.397 e. The van der Waals surface area contributed by atoms with E-state index >= 15 is 0 Å². The molecule has 1 aromatic rings. The van der Waals surface area contributed by atoms with E-state index in [9.17, 15) is 19.2 Å². The van der Waals surface area contributed by atoms with E-state index in [1.54, 1.807) is 6.07 Å². The Bertz CT molecular complexity index is 1060. The number of hydrogen-bond acceptors (Lipinski definition) is 6. The van der Waals surface area contributed by atoms with E-state index < -0.39 is 50.1 Å². The molecular formula is C26H34BrNO6Si. The first-order valence-corrected chi connectivity index (χ1v) is 15.6. The number of carbonyl (C=O) groups is 4. The van der Waals surface area contributed by atoms with Gasteiger partial charge in [0.25, 0.3) is 0 Å².